The van der Waals surface area contributed by atoms with Gasteiger partial charge in [-0.15, -0.1) is 0 Å². The van der Waals surface area contributed by atoms with Gasteiger partial charge in [0.15, 0.2) is 0 Å². The number of aromatic nitrogens is 1. The van der Waals surface area contributed by atoms with Gasteiger partial charge in [0, 0.05) is 18.3 Å². The Morgan fingerprint density at radius 3 is 2.19 bits per heavy atom. The third-order valence-electron chi connectivity index (χ3n) is 3.94. The molecule has 1 aromatic rings. The number of rotatable bonds is 3. The summed E-state index contributed by atoms with van der Waals surface area (Å²) in [6.07, 6.45) is 3.96. The normalized spacial score (nSPS) is 22.1. The quantitative estimate of drug-likeness (QED) is 0.898. The maximum atomic E-state index is 12.4. The van der Waals surface area contributed by atoms with Crippen LogP contribution in [-0.2, 0) is 10.0 Å². The zero-order valence-electron chi connectivity index (χ0n) is 13.1. The summed E-state index contributed by atoms with van der Waals surface area (Å²) in [4.78, 5) is 13.5. The highest BCUT2D eigenvalue weighted by Gasteiger charge is 2.39. The van der Waals surface area contributed by atoms with Crippen LogP contribution in [0.1, 0.15) is 47.0 Å². The molecule has 0 amide bonds. The third kappa shape index (κ3) is 4.17. The molecule has 0 unspecified atom stereocenters. The Bertz CT molecular complexity index is 638. The van der Waals surface area contributed by atoms with Crippen LogP contribution in [0.25, 0.3) is 0 Å². The van der Waals surface area contributed by atoms with Gasteiger partial charge in [-0.1, -0.05) is 27.7 Å². The molecule has 5 nitrogen and oxygen atoms in total. The fraction of sp³-hybridized carbons (Fsp3) is 0.667. The summed E-state index contributed by atoms with van der Waals surface area (Å²) in [7, 11) is -3.60. The van der Waals surface area contributed by atoms with Crippen molar-refractivity contribution in [2.45, 2.75) is 57.9 Å². The van der Waals surface area contributed by atoms with E-state index in [1.807, 2.05) is 0 Å². The standard InChI is InChI=1S/C15H24N2O3S/c1-14(2)7-11(8-15(3,4)10-14)17-21(19,20)12-5-6-13(18)16-9-12/h5-6,9,11,17H,7-8,10H2,1-4H3,(H,16,18). The van der Waals surface area contributed by atoms with Crippen molar-refractivity contribution >= 4 is 10.0 Å². The number of sulfonamides is 1. The van der Waals surface area contributed by atoms with E-state index in [0.29, 0.717) is 0 Å². The van der Waals surface area contributed by atoms with Crippen molar-refractivity contribution in [2.24, 2.45) is 10.8 Å². The van der Waals surface area contributed by atoms with Crippen LogP contribution in [0.15, 0.2) is 28.0 Å². The molecule has 1 fully saturated rings. The molecule has 0 atom stereocenters. The van der Waals surface area contributed by atoms with E-state index in [4.69, 9.17) is 0 Å². The average Bonchev–Trinajstić information content (AvgIpc) is 2.23. The van der Waals surface area contributed by atoms with Crippen molar-refractivity contribution in [1.29, 1.82) is 0 Å². The van der Waals surface area contributed by atoms with Crippen molar-refractivity contribution in [3.8, 4) is 0 Å². The third-order valence-corrected chi connectivity index (χ3v) is 5.46. The zero-order chi connectivity index (χ0) is 15.9. The Kier molecular flexibility index (Phi) is 4.06. The smallest absolute Gasteiger partial charge is 0.247 e. The largest absolute Gasteiger partial charge is 0.328 e. The monoisotopic (exact) mass is 312 g/mol. The summed E-state index contributed by atoms with van der Waals surface area (Å²) in [6, 6.07) is 2.48. The second-order valence-electron chi connectivity index (χ2n) is 7.62. The van der Waals surface area contributed by atoms with Crippen LogP contribution >= 0.6 is 0 Å². The van der Waals surface area contributed by atoms with Crippen molar-refractivity contribution < 1.29 is 8.42 Å². The Balaban J connectivity index is 2.20. The topological polar surface area (TPSA) is 79.0 Å². The Hall–Kier alpha value is -1.14. The lowest BCUT2D eigenvalue weighted by Crippen LogP contribution is -2.46. The second-order valence-corrected chi connectivity index (χ2v) is 9.33. The Labute approximate surface area is 126 Å². The minimum atomic E-state index is -3.60. The highest BCUT2D eigenvalue weighted by atomic mass is 32.2. The molecule has 0 aromatic carbocycles. The molecular formula is C15H24N2O3S. The molecule has 0 spiro atoms. The van der Waals surface area contributed by atoms with Crippen LogP contribution in [0.4, 0.5) is 0 Å². The molecule has 0 radical (unpaired) electrons. The first-order chi connectivity index (χ1) is 9.49. The van der Waals surface area contributed by atoms with Gasteiger partial charge in [0.1, 0.15) is 0 Å². The van der Waals surface area contributed by atoms with Crippen LogP contribution in [-0.4, -0.2) is 19.4 Å². The van der Waals surface area contributed by atoms with Crippen molar-refractivity contribution in [2.75, 3.05) is 0 Å². The average molecular weight is 312 g/mol. The number of hydrogen-bond donors (Lipinski definition) is 2. The number of pyridine rings is 1. The van der Waals surface area contributed by atoms with E-state index < -0.39 is 10.0 Å². The van der Waals surface area contributed by atoms with Crippen molar-refractivity contribution in [1.82, 2.24) is 9.71 Å². The molecule has 1 saturated carbocycles. The molecule has 1 aromatic heterocycles. The lowest BCUT2D eigenvalue weighted by Gasteiger charge is -2.45. The van der Waals surface area contributed by atoms with Crippen LogP contribution in [0.2, 0.25) is 0 Å². The summed E-state index contributed by atoms with van der Waals surface area (Å²) >= 11 is 0. The van der Waals surface area contributed by atoms with Crippen molar-refractivity contribution in [3.05, 3.63) is 28.7 Å². The van der Waals surface area contributed by atoms with Crippen LogP contribution < -0.4 is 10.3 Å². The minimum absolute atomic E-state index is 0.0827. The minimum Gasteiger partial charge on any atom is -0.328 e. The van der Waals surface area contributed by atoms with Gasteiger partial charge in [0.05, 0.1) is 4.90 Å². The molecule has 0 bridgehead atoms. The molecule has 1 aliphatic rings. The predicted molar refractivity (Wildman–Crippen MR) is 82.6 cm³/mol. The molecule has 6 heteroatoms. The fourth-order valence-corrected chi connectivity index (χ4v) is 4.98. The number of H-pyrrole nitrogens is 1. The first-order valence-corrected chi connectivity index (χ1v) is 8.69. The van der Waals surface area contributed by atoms with Gasteiger partial charge in [0.2, 0.25) is 15.6 Å². The van der Waals surface area contributed by atoms with E-state index in [-0.39, 0.29) is 27.3 Å². The number of nitrogens with one attached hydrogen (secondary N) is 2. The highest BCUT2D eigenvalue weighted by molar-refractivity contribution is 7.89. The van der Waals surface area contributed by atoms with Gasteiger partial charge >= 0.3 is 0 Å². The second kappa shape index (κ2) is 5.25. The summed E-state index contributed by atoms with van der Waals surface area (Å²) < 4.78 is 27.6. The molecule has 2 rings (SSSR count). The maximum absolute atomic E-state index is 12.4. The van der Waals surface area contributed by atoms with Gasteiger partial charge < -0.3 is 4.98 Å². The molecular weight excluding hydrogens is 288 g/mol. The molecule has 118 valence electrons. The van der Waals surface area contributed by atoms with Crippen molar-refractivity contribution in [3.63, 3.8) is 0 Å². The molecule has 2 N–H and O–H groups in total. The molecule has 1 aliphatic carbocycles. The highest BCUT2D eigenvalue weighted by Crippen LogP contribution is 2.45. The van der Waals surface area contributed by atoms with Crippen LogP contribution in [0, 0.1) is 10.8 Å². The maximum Gasteiger partial charge on any atom is 0.247 e. The van der Waals surface area contributed by atoms with E-state index in [1.54, 1.807) is 0 Å². The van der Waals surface area contributed by atoms with Gasteiger partial charge in [0.25, 0.3) is 0 Å². The summed E-state index contributed by atoms with van der Waals surface area (Å²) in [5.41, 5.74) is -0.0891. The van der Waals surface area contributed by atoms with E-state index in [2.05, 4.69) is 37.4 Å². The number of aromatic amines is 1. The first kappa shape index (κ1) is 16.2. The summed E-state index contributed by atoms with van der Waals surface area (Å²) in [5.74, 6) is 0. The van der Waals surface area contributed by atoms with E-state index in [9.17, 15) is 13.2 Å². The van der Waals surface area contributed by atoms with Gasteiger partial charge in [-0.2, -0.15) is 0 Å². The van der Waals surface area contributed by atoms with Crippen LogP contribution in [0.5, 0.6) is 0 Å². The van der Waals surface area contributed by atoms with Gasteiger partial charge in [-0.25, -0.2) is 13.1 Å². The van der Waals surface area contributed by atoms with Gasteiger partial charge in [-0.05, 0) is 36.2 Å². The predicted octanol–water partition coefficient (Wildman–Crippen LogP) is 2.26. The first-order valence-electron chi connectivity index (χ1n) is 7.20. The molecule has 0 saturated heterocycles. The Morgan fingerprint density at radius 1 is 1.14 bits per heavy atom. The van der Waals surface area contributed by atoms with Gasteiger partial charge in [-0.3, -0.25) is 4.79 Å². The lowest BCUT2D eigenvalue weighted by atomic mass is 9.64. The van der Waals surface area contributed by atoms with E-state index >= 15 is 0 Å². The molecule has 0 aliphatic heterocycles. The molecule has 1 heterocycles. The fourth-order valence-electron chi connectivity index (χ4n) is 3.78. The summed E-state index contributed by atoms with van der Waals surface area (Å²) in [5, 5.41) is 0. The SMILES string of the molecule is CC1(C)CC(NS(=O)(=O)c2ccc(=O)[nH]c2)CC(C)(C)C1. The zero-order valence-corrected chi connectivity index (χ0v) is 13.9. The van der Waals surface area contributed by atoms with E-state index in [0.717, 1.165) is 19.3 Å². The Morgan fingerprint density at radius 2 is 1.71 bits per heavy atom. The lowest BCUT2D eigenvalue weighted by molar-refractivity contribution is 0.0934. The number of hydrogen-bond acceptors (Lipinski definition) is 3. The van der Waals surface area contributed by atoms with Crippen LogP contribution in [0.3, 0.4) is 0 Å². The molecule has 21 heavy (non-hydrogen) atoms. The van der Waals surface area contributed by atoms with E-state index in [1.165, 1.54) is 18.3 Å². The summed E-state index contributed by atoms with van der Waals surface area (Å²) in [6.45, 7) is 8.70.